The zero-order chi connectivity index (χ0) is 21.1. The van der Waals surface area contributed by atoms with Crippen molar-refractivity contribution >= 4 is 28.7 Å². The number of benzene rings is 2. The fourth-order valence-electron chi connectivity index (χ4n) is 3.74. The molecule has 0 radical (unpaired) electrons. The second-order valence-electron chi connectivity index (χ2n) is 7.92. The summed E-state index contributed by atoms with van der Waals surface area (Å²) < 4.78 is 5.91. The summed E-state index contributed by atoms with van der Waals surface area (Å²) in [5, 5.41) is 5.54. The molecule has 7 heteroatoms. The van der Waals surface area contributed by atoms with E-state index in [0.29, 0.717) is 24.3 Å². The third-order valence-corrected chi connectivity index (χ3v) is 5.23. The molecule has 1 aliphatic rings. The third kappa shape index (κ3) is 4.45. The van der Waals surface area contributed by atoms with Crippen molar-refractivity contribution in [3.63, 3.8) is 0 Å². The van der Waals surface area contributed by atoms with E-state index >= 15 is 0 Å². The highest BCUT2D eigenvalue weighted by molar-refractivity contribution is 5.97. The second kappa shape index (κ2) is 8.57. The second-order valence-corrected chi connectivity index (χ2v) is 7.92. The van der Waals surface area contributed by atoms with Crippen LogP contribution < -0.4 is 10.6 Å². The number of amides is 3. The van der Waals surface area contributed by atoms with Crippen LogP contribution in [-0.2, 0) is 0 Å². The van der Waals surface area contributed by atoms with Gasteiger partial charge < -0.3 is 20.0 Å². The summed E-state index contributed by atoms with van der Waals surface area (Å²) in [5.41, 5.74) is 2.84. The highest BCUT2D eigenvalue weighted by Gasteiger charge is 2.27. The molecule has 3 amide bonds. The van der Waals surface area contributed by atoms with Gasteiger partial charge in [0.2, 0.25) is 0 Å². The fourth-order valence-corrected chi connectivity index (χ4v) is 3.74. The van der Waals surface area contributed by atoms with Gasteiger partial charge in [-0.05, 0) is 57.0 Å². The minimum atomic E-state index is -0.284. The van der Waals surface area contributed by atoms with Crippen LogP contribution in [0.3, 0.4) is 0 Å². The first-order valence-corrected chi connectivity index (χ1v) is 10.3. The number of fused-ring (bicyclic) bond motifs is 1. The van der Waals surface area contributed by atoms with Crippen molar-refractivity contribution in [2.45, 2.75) is 38.6 Å². The molecule has 0 aliphatic carbocycles. The zero-order valence-electron chi connectivity index (χ0n) is 17.2. The maximum absolute atomic E-state index is 13.0. The first kappa shape index (κ1) is 19.9. The number of hydrogen-bond acceptors (Lipinski definition) is 4. The smallest absolute Gasteiger partial charge is 0.319 e. The number of rotatable bonds is 4. The van der Waals surface area contributed by atoms with E-state index in [0.717, 1.165) is 29.8 Å². The fraction of sp³-hybridized carbons (Fsp3) is 0.348. The van der Waals surface area contributed by atoms with Crippen LogP contribution >= 0.6 is 0 Å². The average Bonchev–Trinajstić information content (AvgIpc) is 3.17. The lowest BCUT2D eigenvalue weighted by Gasteiger charge is -2.30. The average molecular weight is 406 g/mol. The minimum absolute atomic E-state index is 0.0288. The van der Waals surface area contributed by atoms with Crippen molar-refractivity contribution in [2.24, 2.45) is 0 Å². The summed E-state index contributed by atoms with van der Waals surface area (Å²) in [7, 11) is 0. The molecular formula is C23H26N4O3. The number of urea groups is 1. The standard InChI is InChI=1S/C23H26N4O3/c1-15(2)24-23(29)25-18-7-5-6-17(14-18)22(28)27-12-10-16(11-13-27)21-26-19-8-3-4-9-20(19)30-21/h3-9,14-16H,10-13H2,1-2H3,(H2,24,25,29). The molecule has 1 aliphatic heterocycles. The van der Waals surface area contributed by atoms with E-state index in [1.54, 1.807) is 24.3 Å². The van der Waals surface area contributed by atoms with Gasteiger partial charge in [0.25, 0.3) is 5.91 Å². The summed E-state index contributed by atoms with van der Waals surface area (Å²) in [5.74, 6) is 0.943. The van der Waals surface area contributed by atoms with Crippen LogP contribution in [0.5, 0.6) is 0 Å². The van der Waals surface area contributed by atoms with Crippen molar-refractivity contribution in [2.75, 3.05) is 18.4 Å². The maximum atomic E-state index is 13.0. The number of anilines is 1. The van der Waals surface area contributed by atoms with Crippen LogP contribution in [0.4, 0.5) is 10.5 Å². The molecule has 2 N–H and O–H groups in total. The van der Waals surface area contributed by atoms with Crippen LogP contribution in [0, 0.1) is 0 Å². The number of carbonyl (C=O) groups excluding carboxylic acids is 2. The highest BCUT2D eigenvalue weighted by Crippen LogP contribution is 2.30. The van der Waals surface area contributed by atoms with Crippen LogP contribution in [0.15, 0.2) is 52.9 Å². The topological polar surface area (TPSA) is 87.5 Å². The summed E-state index contributed by atoms with van der Waals surface area (Å²) in [6, 6.07) is 14.6. The van der Waals surface area contributed by atoms with Crippen molar-refractivity contribution in [3.8, 4) is 0 Å². The molecule has 2 heterocycles. The Morgan fingerprint density at radius 3 is 2.60 bits per heavy atom. The number of para-hydroxylation sites is 2. The van der Waals surface area contributed by atoms with E-state index in [4.69, 9.17) is 4.42 Å². The van der Waals surface area contributed by atoms with Gasteiger partial charge in [-0.3, -0.25) is 4.79 Å². The Bertz CT molecular complexity index is 1020. The molecule has 0 atom stereocenters. The normalized spacial score (nSPS) is 14.8. The Labute approximate surface area is 175 Å². The van der Waals surface area contributed by atoms with Gasteiger partial charge >= 0.3 is 6.03 Å². The number of aromatic nitrogens is 1. The molecule has 0 spiro atoms. The maximum Gasteiger partial charge on any atom is 0.319 e. The van der Waals surface area contributed by atoms with Crippen molar-refractivity contribution in [1.82, 2.24) is 15.2 Å². The number of carbonyl (C=O) groups is 2. The van der Waals surface area contributed by atoms with Gasteiger partial charge in [0, 0.05) is 36.3 Å². The van der Waals surface area contributed by atoms with Crippen molar-refractivity contribution in [1.29, 1.82) is 0 Å². The van der Waals surface area contributed by atoms with Crippen LogP contribution in [0.25, 0.3) is 11.1 Å². The van der Waals surface area contributed by atoms with Gasteiger partial charge in [0.05, 0.1) is 0 Å². The first-order valence-electron chi connectivity index (χ1n) is 10.3. The van der Waals surface area contributed by atoms with Crippen molar-refractivity contribution in [3.05, 3.63) is 60.0 Å². The van der Waals surface area contributed by atoms with E-state index in [1.165, 1.54) is 0 Å². The SMILES string of the molecule is CC(C)NC(=O)Nc1cccc(C(=O)N2CCC(c3nc4ccccc4o3)CC2)c1. The number of oxazole rings is 1. The monoisotopic (exact) mass is 406 g/mol. The molecule has 30 heavy (non-hydrogen) atoms. The molecule has 0 bridgehead atoms. The lowest BCUT2D eigenvalue weighted by molar-refractivity contribution is 0.0706. The lowest BCUT2D eigenvalue weighted by Crippen LogP contribution is -2.38. The van der Waals surface area contributed by atoms with Crippen LogP contribution in [0.1, 0.15) is 48.9 Å². The number of hydrogen-bond donors (Lipinski definition) is 2. The Hall–Kier alpha value is -3.35. The molecule has 156 valence electrons. The number of piperidine rings is 1. The molecule has 7 nitrogen and oxygen atoms in total. The van der Waals surface area contributed by atoms with Crippen molar-refractivity contribution < 1.29 is 14.0 Å². The molecule has 1 saturated heterocycles. The Morgan fingerprint density at radius 1 is 1.10 bits per heavy atom. The predicted molar refractivity (Wildman–Crippen MR) is 116 cm³/mol. The third-order valence-electron chi connectivity index (χ3n) is 5.23. The zero-order valence-corrected chi connectivity index (χ0v) is 17.2. The van der Waals surface area contributed by atoms with E-state index < -0.39 is 0 Å². The van der Waals surface area contributed by atoms with Gasteiger partial charge in [-0.15, -0.1) is 0 Å². The summed E-state index contributed by atoms with van der Waals surface area (Å²) >= 11 is 0. The molecule has 2 aromatic carbocycles. The molecule has 4 rings (SSSR count). The van der Waals surface area contributed by atoms with Gasteiger partial charge in [-0.2, -0.15) is 0 Å². The Morgan fingerprint density at radius 2 is 1.87 bits per heavy atom. The molecule has 0 saturated carbocycles. The summed E-state index contributed by atoms with van der Waals surface area (Å²) in [6.07, 6.45) is 1.63. The van der Waals surface area contributed by atoms with E-state index in [2.05, 4.69) is 15.6 Å². The summed E-state index contributed by atoms with van der Waals surface area (Å²) in [4.78, 5) is 31.3. The minimum Gasteiger partial charge on any atom is -0.440 e. The largest absolute Gasteiger partial charge is 0.440 e. The molecule has 0 unspecified atom stereocenters. The first-order chi connectivity index (χ1) is 14.5. The number of nitrogens with zero attached hydrogens (tertiary/aromatic N) is 2. The van der Waals surface area contributed by atoms with Gasteiger partial charge in [0.15, 0.2) is 11.5 Å². The Balaban J connectivity index is 1.38. The molecule has 1 fully saturated rings. The van der Waals surface area contributed by atoms with Gasteiger partial charge in [0.1, 0.15) is 5.52 Å². The van der Waals surface area contributed by atoms with Gasteiger partial charge in [-0.1, -0.05) is 18.2 Å². The quantitative estimate of drug-likeness (QED) is 0.673. The number of nitrogens with one attached hydrogen (secondary N) is 2. The van der Waals surface area contributed by atoms with Gasteiger partial charge in [-0.25, -0.2) is 9.78 Å². The predicted octanol–water partition coefficient (Wildman–Crippen LogP) is 4.38. The lowest BCUT2D eigenvalue weighted by atomic mass is 9.96. The summed E-state index contributed by atoms with van der Waals surface area (Å²) in [6.45, 7) is 5.08. The van der Waals surface area contributed by atoms with Crippen LogP contribution in [-0.4, -0.2) is 41.0 Å². The molecule has 1 aromatic heterocycles. The van der Waals surface area contributed by atoms with E-state index in [1.807, 2.05) is 43.0 Å². The van der Waals surface area contributed by atoms with E-state index in [-0.39, 0.29) is 23.9 Å². The molecular weight excluding hydrogens is 380 g/mol. The van der Waals surface area contributed by atoms with E-state index in [9.17, 15) is 9.59 Å². The molecule has 3 aromatic rings. The Kier molecular flexibility index (Phi) is 5.70. The highest BCUT2D eigenvalue weighted by atomic mass is 16.3. The van der Waals surface area contributed by atoms with Crippen LogP contribution in [0.2, 0.25) is 0 Å². The number of likely N-dealkylation sites (tertiary alicyclic amines) is 1.